The summed E-state index contributed by atoms with van der Waals surface area (Å²) >= 11 is 0. The molecule has 0 aliphatic heterocycles. The Labute approximate surface area is 161 Å². The molecule has 8 heteroatoms. The van der Waals surface area contributed by atoms with Gasteiger partial charge in [-0.15, -0.1) is 0 Å². The summed E-state index contributed by atoms with van der Waals surface area (Å²) in [6.45, 7) is 0.496. The number of anilines is 2. The molecule has 1 amide bonds. The molecule has 3 rings (SSSR count). The highest BCUT2D eigenvalue weighted by molar-refractivity contribution is 6.02. The van der Waals surface area contributed by atoms with E-state index in [0.29, 0.717) is 29.5 Å². The van der Waals surface area contributed by atoms with Crippen LogP contribution in [0.15, 0.2) is 54.9 Å². The van der Waals surface area contributed by atoms with E-state index in [1.54, 1.807) is 14.2 Å². The summed E-state index contributed by atoms with van der Waals surface area (Å²) in [6.07, 6.45) is 2.84. The summed E-state index contributed by atoms with van der Waals surface area (Å²) in [4.78, 5) is 20.5. The molecule has 7 nitrogen and oxygen atoms in total. The summed E-state index contributed by atoms with van der Waals surface area (Å²) in [5, 5.41) is 5.76. The second-order valence-electron chi connectivity index (χ2n) is 5.79. The van der Waals surface area contributed by atoms with Gasteiger partial charge < -0.3 is 20.1 Å². The summed E-state index contributed by atoms with van der Waals surface area (Å²) < 4.78 is 23.4. The van der Waals surface area contributed by atoms with Crippen LogP contribution in [0.1, 0.15) is 16.1 Å². The maximum absolute atomic E-state index is 12.9. The lowest BCUT2D eigenvalue weighted by Gasteiger charge is -2.10. The summed E-state index contributed by atoms with van der Waals surface area (Å²) in [7, 11) is 3.16. The maximum atomic E-state index is 12.9. The molecule has 0 radical (unpaired) electrons. The van der Waals surface area contributed by atoms with Crippen LogP contribution in [0.3, 0.4) is 0 Å². The third-order valence-electron chi connectivity index (χ3n) is 3.91. The van der Waals surface area contributed by atoms with Crippen molar-refractivity contribution in [3.63, 3.8) is 0 Å². The number of ether oxygens (including phenoxy) is 2. The Balaban J connectivity index is 1.59. The monoisotopic (exact) mass is 382 g/mol. The average Bonchev–Trinajstić information content (AvgIpc) is 2.74. The van der Waals surface area contributed by atoms with Crippen molar-refractivity contribution in [1.82, 2.24) is 9.97 Å². The molecular formula is C20H19FN4O3. The SMILES string of the molecule is COc1ccc(CNc2cnc(C(=O)Nc3ccc(F)cc3)cn2)cc1OC. The van der Waals surface area contributed by atoms with Crippen LogP contribution < -0.4 is 20.1 Å². The molecular weight excluding hydrogens is 363 g/mol. The highest BCUT2D eigenvalue weighted by Gasteiger charge is 2.09. The van der Waals surface area contributed by atoms with E-state index in [1.165, 1.54) is 36.7 Å². The largest absolute Gasteiger partial charge is 0.493 e. The first kappa shape index (κ1) is 19.1. The van der Waals surface area contributed by atoms with Gasteiger partial charge in [0.15, 0.2) is 11.5 Å². The van der Waals surface area contributed by atoms with Gasteiger partial charge in [0.05, 0.1) is 26.6 Å². The fourth-order valence-corrected chi connectivity index (χ4v) is 2.45. The van der Waals surface area contributed by atoms with Crippen molar-refractivity contribution < 1.29 is 18.7 Å². The van der Waals surface area contributed by atoms with E-state index in [2.05, 4.69) is 20.6 Å². The molecule has 144 valence electrons. The summed E-state index contributed by atoms with van der Waals surface area (Å²) in [5.41, 5.74) is 1.60. The molecule has 3 aromatic rings. The van der Waals surface area contributed by atoms with E-state index in [-0.39, 0.29) is 11.5 Å². The quantitative estimate of drug-likeness (QED) is 0.651. The third kappa shape index (κ3) is 4.73. The Morgan fingerprint density at radius 1 is 1.00 bits per heavy atom. The van der Waals surface area contributed by atoms with Gasteiger partial charge in [-0.1, -0.05) is 6.07 Å². The lowest BCUT2D eigenvalue weighted by atomic mass is 10.2. The van der Waals surface area contributed by atoms with Gasteiger partial charge in [0.25, 0.3) is 5.91 Å². The van der Waals surface area contributed by atoms with Gasteiger partial charge >= 0.3 is 0 Å². The van der Waals surface area contributed by atoms with Crippen molar-refractivity contribution in [3.05, 3.63) is 71.9 Å². The first-order chi connectivity index (χ1) is 13.6. The third-order valence-corrected chi connectivity index (χ3v) is 3.91. The first-order valence-electron chi connectivity index (χ1n) is 8.43. The van der Waals surface area contributed by atoms with Crippen molar-refractivity contribution in [2.45, 2.75) is 6.54 Å². The van der Waals surface area contributed by atoms with Gasteiger partial charge in [-0.2, -0.15) is 0 Å². The topological polar surface area (TPSA) is 85.4 Å². The van der Waals surface area contributed by atoms with E-state index < -0.39 is 5.91 Å². The Hall–Kier alpha value is -3.68. The highest BCUT2D eigenvalue weighted by Crippen LogP contribution is 2.27. The molecule has 0 bridgehead atoms. The minimum atomic E-state index is -0.425. The predicted octanol–water partition coefficient (Wildman–Crippen LogP) is 3.50. The van der Waals surface area contributed by atoms with Crippen molar-refractivity contribution >= 4 is 17.4 Å². The van der Waals surface area contributed by atoms with Gasteiger partial charge in [-0.05, 0) is 42.0 Å². The number of nitrogens with zero attached hydrogens (tertiary/aromatic N) is 2. The Bertz CT molecular complexity index is 947. The number of hydrogen-bond acceptors (Lipinski definition) is 6. The molecule has 28 heavy (non-hydrogen) atoms. The standard InChI is InChI=1S/C20H19FN4O3/c1-27-17-8-3-13(9-18(17)28-2)10-23-19-12-22-16(11-24-19)20(26)25-15-6-4-14(21)5-7-15/h3-9,11-12H,10H2,1-2H3,(H,23,24)(H,25,26). The van der Waals surface area contributed by atoms with E-state index in [9.17, 15) is 9.18 Å². The van der Waals surface area contributed by atoms with Crippen LogP contribution in [0.2, 0.25) is 0 Å². The van der Waals surface area contributed by atoms with Crippen LogP contribution in [0.5, 0.6) is 11.5 Å². The fourth-order valence-electron chi connectivity index (χ4n) is 2.45. The van der Waals surface area contributed by atoms with Crippen molar-refractivity contribution in [1.29, 1.82) is 0 Å². The Morgan fingerprint density at radius 3 is 2.39 bits per heavy atom. The first-order valence-corrected chi connectivity index (χ1v) is 8.43. The summed E-state index contributed by atoms with van der Waals surface area (Å²) in [6, 6.07) is 11.1. The summed E-state index contributed by atoms with van der Waals surface area (Å²) in [5.74, 6) is 1.02. The molecule has 0 aliphatic carbocycles. The van der Waals surface area contributed by atoms with Crippen molar-refractivity contribution in [2.75, 3.05) is 24.9 Å². The molecule has 0 unspecified atom stereocenters. The number of methoxy groups -OCH3 is 2. The lowest BCUT2D eigenvalue weighted by molar-refractivity contribution is 0.102. The van der Waals surface area contributed by atoms with Crippen LogP contribution in [0.4, 0.5) is 15.9 Å². The number of carbonyl (C=O) groups excluding carboxylic acids is 1. The maximum Gasteiger partial charge on any atom is 0.275 e. The zero-order valence-corrected chi connectivity index (χ0v) is 15.4. The number of aromatic nitrogens is 2. The van der Waals surface area contributed by atoms with Gasteiger partial charge in [-0.25, -0.2) is 14.4 Å². The zero-order chi connectivity index (χ0) is 19.9. The minimum absolute atomic E-state index is 0.154. The Kier molecular flexibility index (Phi) is 6.01. The predicted molar refractivity (Wildman–Crippen MR) is 103 cm³/mol. The molecule has 0 fully saturated rings. The van der Waals surface area contributed by atoms with Gasteiger partial charge in [0.1, 0.15) is 17.3 Å². The molecule has 0 saturated heterocycles. The second-order valence-corrected chi connectivity index (χ2v) is 5.79. The second kappa shape index (κ2) is 8.81. The smallest absolute Gasteiger partial charge is 0.275 e. The van der Waals surface area contributed by atoms with Crippen LogP contribution in [-0.2, 0) is 6.54 Å². The van der Waals surface area contributed by atoms with Crippen LogP contribution in [-0.4, -0.2) is 30.1 Å². The average molecular weight is 382 g/mol. The molecule has 1 aromatic heterocycles. The van der Waals surface area contributed by atoms with Gasteiger partial charge in [0, 0.05) is 12.2 Å². The molecule has 0 saturated carbocycles. The van der Waals surface area contributed by atoms with E-state index in [1.807, 2.05) is 18.2 Å². The van der Waals surface area contributed by atoms with Gasteiger partial charge in [-0.3, -0.25) is 4.79 Å². The Morgan fingerprint density at radius 2 is 1.75 bits per heavy atom. The van der Waals surface area contributed by atoms with Crippen LogP contribution >= 0.6 is 0 Å². The lowest BCUT2D eigenvalue weighted by Crippen LogP contribution is -2.14. The van der Waals surface area contributed by atoms with Crippen molar-refractivity contribution in [2.24, 2.45) is 0 Å². The van der Waals surface area contributed by atoms with E-state index in [4.69, 9.17) is 9.47 Å². The molecule has 0 atom stereocenters. The van der Waals surface area contributed by atoms with Crippen LogP contribution in [0, 0.1) is 5.82 Å². The highest BCUT2D eigenvalue weighted by atomic mass is 19.1. The molecule has 1 heterocycles. The molecule has 0 aliphatic rings. The number of benzene rings is 2. The number of amides is 1. The zero-order valence-electron chi connectivity index (χ0n) is 15.4. The minimum Gasteiger partial charge on any atom is -0.493 e. The normalized spacial score (nSPS) is 10.2. The number of hydrogen-bond donors (Lipinski definition) is 2. The number of carbonyl (C=O) groups is 1. The van der Waals surface area contributed by atoms with Crippen molar-refractivity contribution in [3.8, 4) is 11.5 Å². The fraction of sp³-hybridized carbons (Fsp3) is 0.150. The number of rotatable bonds is 7. The molecule has 0 spiro atoms. The number of halogens is 1. The van der Waals surface area contributed by atoms with E-state index >= 15 is 0 Å². The van der Waals surface area contributed by atoms with Gasteiger partial charge in [0.2, 0.25) is 0 Å². The van der Waals surface area contributed by atoms with E-state index in [0.717, 1.165) is 5.56 Å². The molecule has 2 N–H and O–H groups in total. The molecule has 2 aromatic carbocycles. The van der Waals surface area contributed by atoms with Crippen LogP contribution in [0.25, 0.3) is 0 Å². The number of nitrogens with one attached hydrogen (secondary N) is 2.